The van der Waals surface area contributed by atoms with Crippen molar-refractivity contribution in [2.75, 3.05) is 19.7 Å². The van der Waals surface area contributed by atoms with E-state index in [-0.39, 0.29) is 48.3 Å². The van der Waals surface area contributed by atoms with Crippen molar-refractivity contribution >= 4 is 23.5 Å². The van der Waals surface area contributed by atoms with Crippen molar-refractivity contribution in [3.05, 3.63) is 101 Å². The van der Waals surface area contributed by atoms with Crippen LogP contribution in [0.15, 0.2) is 82.4 Å². The maximum atomic E-state index is 14.0. The number of ether oxygens (including phenoxy) is 1. The molecule has 8 heteroatoms. The SMILES string of the molecule is CC1=C2[C@@H](CC/C(=C/c3ccc(CO)o3)c3ccccn3)OC[C@@H]2[C@@H]2C(=O)N(C3CCN(Cc4ccccc4)CC3)C(=O)[C@@H]2C1. The minimum atomic E-state index is -0.325. The standard InChI is InChI=1S/C37H41N3O5/c1-24-19-30-35(37(43)40(36(30)42)27-14-17-39(18-15-27)21-25-7-3-2-4-8-25)31-23-44-33(34(24)31)13-10-26(32-9-5-6-16-38-32)20-28-11-12-29(22-41)45-28/h2-9,11-12,16,20,27,30-31,33,35,41H,10,13-15,17-19,21-23H2,1H3/b26-20-/t30-,31+,33-,35-/m1/s1. The molecule has 2 amide bonds. The smallest absolute Gasteiger partial charge is 0.234 e. The molecule has 234 valence electrons. The van der Waals surface area contributed by atoms with Crippen LogP contribution in [-0.4, -0.2) is 63.5 Å². The highest BCUT2D eigenvalue weighted by Crippen LogP contribution is 2.50. The zero-order chi connectivity index (χ0) is 30.9. The van der Waals surface area contributed by atoms with Crippen LogP contribution in [0.5, 0.6) is 0 Å². The number of furan rings is 1. The topological polar surface area (TPSA) is 96.1 Å². The summed E-state index contributed by atoms with van der Waals surface area (Å²) in [6.07, 6.45) is 7.37. The van der Waals surface area contributed by atoms with E-state index in [0.29, 0.717) is 31.0 Å². The van der Waals surface area contributed by atoms with Crippen LogP contribution in [0.2, 0.25) is 0 Å². The van der Waals surface area contributed by atoms with Crippen LogP contribution in [0, 0.1) is 17.8 Å². The predicted molar refractivity (Wildman–Crippen MR) is 170 cm³/mol. The Labute approximate surface area is 264 Å². The third-order valence-electron chi connectivity index (χ3n) is 10.2. The molecule has 3 saturated heterocycles. The van der Waals surface area contributed by atoms with Gasteiger partial charge in [0, 0.05) is 37.8 Å². The highest BCUT2D eigenvalue weighted by Gasteiger charge is 2.57. The second kappa shape index (κ2) is 12.9. The molecule has 45 heavy (non-hydrogen) atoms. The van der Waals surface area contributed by atoms with E-state index in [1.165, 1.54) is 16.7 Å². The molecule has 0 spiro atoms. The van der Waals surface area contributed by atoms with Gasteiger partial charge in [0.05, 0.1) is 30.2 Å². The predicted octanol–water partition coefficient (Wildman–Crippen LogP) is 5.49. The normalized spacial score (nSPS) is 26.1. The number of aliphatic hydroxyl groups excluding tert-OH is 1. The molecule has 5 heterocycles. The third-order valence-corrected chi connectivity index (χ3v) is 10.2. The van der Waals surface area contributed by atoms with Crippen molar-refractivity contribution in [3.8, 4) is 0 Å². The molecule has 0 radical (unpaired) electrons. The van der Waals surface area contributed by atoms with Gasteiger partial charge in [0.2, 0.25) is 11.8 Å². The molecular formula is C37H41N3O5. The van der Waals surface area contributed by atoms with Gasteiger partial charge in [-0.2, -0.15) is 0 Å². The van der Waals surface area contributed by atoms with Crippen LogP contribution < -0.4 is 0 Å². The van der Waals surface area contributed by atoms with Crippen LogP contribution in [0.4, 0.5) is 0 Å². The van der Waals surface area contributed by atoms with Crippen molar-refractivity contribution in [3.63, 3.8) is 0 Å². The van der Waals surface area contributed by atoms with E-state index < -0.39 is 0 Å². The molecule has 3 aromatic rings. The van der Waals surface area contributed by atoms with Gasteiger partial charge >= 0.3 is 0 Å². The Kier molecular flexibility index (Phi) is 8.53. The van der Waals surface area contributed by atoms with E-state index in [2.05, 4.69) is 41.1 Å². The van der Waals surface area contributed by atoms with E-state index in [1.807, 2.05) is 36.4 Å². The van der Waals surface area contributed by atoms with Gasteiger partial charge in [0.1, 0.15) is 18.1 Å². The average Bonchev–Trinajstić information content (AvgIpc) is 3.77. The maximum absolute atomic E-state index is 14.0. The summed E-state index contributed by atoms with van der Waals surface area (Å²) in [6.45, 7) is 5.12. The Morgan fingerprint density at radius 1 is 1.00 bits per heavy atom. The van der Waals surface area contributed by atoms with Crippen molar-refractivity contribution in [2.24, 2.45) is 17.8 Å². The molecule has 1 aliphatic carbocycles. The van der Waals surface area contributed by atoms with Crippen LogP contribution in [0.1, 0.15) is 61.8 Å². The van der Waals surface area contributed by atoms with E-state index >= 15 is 0 Å². The molecule has 0 bridgehead atoms. The Morgan fingerprint density at radius 2 is 1.80 bits per heavy atom. The molecular weight excluding hydrogens is 566 g/mol. The average molecular weight is 608 g/mol. The number of fused-ring (bicyclic) bond motifs is 3. The van der Waals surface area contributed by atoms with Gasteiger partial charge in [-0.3, -0.25) is 24.4 Å². The zero-order valence-corrected chi connectivity index (χ0v) is 25.8. The number of pyridine rings is 1. The summed E-state index contributed by atoms with van der Waals surface area (Å²) in [7, 11) is 0. The first-order valence-corrected chi connectivity index (χ1v) is 16.3. The Hall–Kier alpha value is -3.85. The summed E-state index contributed by atoms with van der Waals surface area (Å²) in [4.78, 5) is 36.5. The van der Waals surface area contributed by atoms with Gasteiger partial charge in [-0.1, -0.05) is 42.0 Å². The number of imide groups is 1. The largest absolute Gasteiger partial charge is 0.459 e. The lowest BCUT2D eigenvalue weighted by molar-refractivity contribution is -0.144. The van der Waals surface area contributed by atoms with Crippen molar-refractivity contribution in [1.82, 2.24) is 14.8 Å². The number of hydrogen-bond acceptors (Lipinski definition) is 7. The van der Waals surface area contributed by atoms with Gasteiger partial charge in [0.25, 0.3) is 0 Å². The van der Waals surface area contributed by atoms with Crippen LogP contribution in [0.25, 0.3) is 11.6 Å². The molecule has 4 atom stereocenters. The number of likely N-dealkylation sites (tertiary alicyclic amines) is 2. The Morgan fingerprint density at radius 3 is 2.53 bits per heavy atom. The van der Waals surface area contributed by atoms with Gasteiger partial charge in [-0.15, -0.1) is 0 Å². The second-order valence-corrected chi connectivity index (χ2v) is 12.9. The molecule has 2 aromatic heterocycles. The van der Waals surface area contributed by atoms with E-state index in [1.54, 1.807) is 17.2 Å². The molecule has 1 N–H and O–H groups in total. The fourth-order valence-corrected chi connectivity index (χ4v) is 8.03. The maximum Gasteiger partial charge on any atom is 0.234 e. The van der Waals surface area contributed by atoms with Crippen molar-refractivity contribution < 1.29 is 23.8 Å². The molecule has 3 aliphatic heterocycles. The lowest BCUT2D eigenvalue weighted by Crippen LogP contribution is -2.47. The number of carbonyl (C=O) groups is 2. The summed E-state index contributed by atoms with van der Waals surface area (Å²) < 4.78 is 12.2. The first-order valence-electron chi connectivity index (χ1n) is 16.3. The monoisotopic (exact) mass is 607 g/mol. The van der Waals surface area contributed by atoms with Gasteiger partial charge in [0.15, 0.2) is 0 Å². The number of nitrogens with zero attached hydrogens (tertiary/aromatic N) is 3. The van der Waals surface area contributed by atoms with Crippen molar-refractivity contribution in [2.45, 2.75) is 64.3 Å². The number of carbonyl (C=O) groups excluding carboxylic acids is 2. The molecule has 0 saturated carbocycles. The number of aliphatic hydroxyl groups is 1. The molecule has 1 aromatic carbocycles. The van der Waals surface area contributed by atoms with E-state index in [0.717, 1.165) is 50.2 Å². The minimum absolute atomic E-state index is 0.0114. The van der Waals surface area contributed by atoms with Crippen LogP contribution >= 0.6 is 0 Å². The first kappa shape index (κ1) is 29.8. The summed E-state index contributed by atoms with van der Waals surface area (Å²) in [5.74, 6) is 0.569. The lowest BCUT2D eigenvalue weighted by atomic mass is 9.70. The number of aromatic nitrogens is 1. The van der Waals surface area contributed by atoms with Gasteiger partial charge < -0.3 is 14.3 Å². The fourth-order valence-electron chi connectivity index (χ4n) is 8.03. The quantitative estimate of drug-likeness (QED) is 0.254. The molecule has 0 unspecified atom stereocenters. The first-order chi connectivity index (χ1) is 22.0. The highest BCUT2D eigenvalue weighted by molar-refractivity contribution is 6.06. The minimum Gasteiger partial charge on any atom is -0.459 e. The van der Waals surface area contributed by atoms with Crippen LogP contribution in [0.3, 0.4) is 0 Å². The van der Waals surface area contributed by atoms with Crippen LogP contribution in [-0.2, 0) is 27.5 Å². The molecule has 3 fully saturated rings. The van der Waals surface area contributed by atoms with Gasteiger partial charge in [-0.05, 0) is 86.1 Å². The number of benzene rings is 1. The number of allylic oxidation sites excluding steroid dienone is 2. The van der Waals surface area contributed by atoms with E-state index in [4.69, 9.17) is 9.15 Å². The summed E-state index contributed by atoms with van der Waals surface area (Å²) >= 11 is 0. The fraction of sp³-hybridized carbons (Fsp3) is 0.432. The van der Waals surface area contributed by atoms with E-state index in [9.17, 15) is 14.7 Å². The number of hydrogen-bond donors (Lipinski definition) is 1. The number of rotatable bonds is 9. The second-order valence-electron chi connectivity index (χ2n) is 12.9. The molecule has 4 aliphatic rings. The van der Waals surface area contributed by atoms with Gasteiger partial charge in [-0.25, -0.2) is 0 Å². The third kappa shape index (κ3) is 5.94. The summed E-state index contributed by atoms with van der Waals surface area (Å²) in [6, 6.07) is 19.9. The Bertz CT molecular complexity index is 1590. The summed E-state index contributed by atoms with van der Waals surface area (Å²) in [5.41, 5.74) is 5.60. The van der Waals surface area contributed by atoms with Crippen molar-refractivity contribution in [1.29, 1.82) is 0 Å². The highest BCUT2D eigenvalue weighted by atomic mass is 16.5. The summed E-state index contributed by atoms with van der Waals surface area (Å²) in [5, 5.41) is 9.44. The Balaban J connectivity index is 1.03. The number of amides is 2. The molecule has 7 rings (SSSR count). The zero-order valence-electron chi connectivity index (χ0n) is 25.8. The molecule has 8 nitrogen and oxygen atoms in total. The number of piperidine rings is 1. The lowest BCUT2D eigenvalue weighted by Gasteiger charge is -2.36.